The van der Waals surface area contributed by atoms with Crippen LogP contribution in [-0.4, -0.2) is 24.2 Å². The molecule has 4 heteroatoms. The Hall–Kier alpha value is -1.99. The highest BCUT2D eigenvalue weighted by Gasteiger charge is 2.22. The molecule has 0 saturated heterocycles. The van der Waals surface area contributed by atoms with Crippen LogP contribution >= 0.6 is 0 Å². The van der Waals surface area contributed by atoms with Crippen LogP contribution in [0.3, 0.4) is 0 Å². The zero-order valence-corrected chi connectivity index (χ0v) is 9.98. The van der Waals surface area contributed by atoms with E-state index in [-0.39, 0.29) is 6.61 Å². The molecule has 0 bridgehead atoms. The lowest BCUT2D eigenvalue weighted by molar-refractivity contribution is -0.139. The number of nitrogens with one attached hydrogen (secondary N) is 1. The first kappa shape index (κ1) is 12.5. The Morgan fingerprint density at radius 2 is 2.44 bits per heavy atom. The average Bonchev–Trinajstić information content (AvgIpc) is 2.76. The summed E-state index contributed by atoms with van der Waals surface area (Å²) >= 11 is 0. The molecule has 1 aromatic carbocycles. The van der Waals surface area contributed by atoms with E-state index >= 15 is 0 Å². The molecule has 94 valence electrons. The summed E-state index contributed by atoms with van der Waals surface area (Å²) < 4.78 is 5.16. The normalized spacial score (nSPS) is 16.9. The van der Waals surface area contributed by atoms with Gasteiger partial charge < -0.3 is 9.84 Å². The molecule has 0 saturated carbocycles. The number of carboxylic acid groups (broad SMARTS) is 1. The fourth-order valence-electron chi connectivity index (χ4n) is 2.22. The lowest BCUT2D eigenvalue weighted by Crippen LogP contribution is -2.19. The number of carbonyl (C=O) groups is 1. The highest BCUT2D eigenvalue weighted by Crippen LogP contribution is 2.33. The molecule has 0 radical (unpaired) electrons. The van der Waals surface area contributed by atoms with Crippen LogP contribution in [0.2, 0.25) is 0 Å². The van der Waals surface area contributed by atoms with Gasteiger partial charge in [0.1, 0.15) is 5.75 Å². The van der Waals surface area contributed by atoms with Crippen LogP contribution in [-0.2, 0) is 11.2 Å². The summed E-state index contributed by atoms with van der Waals surface area (Å²) in [5.74, 6) is 2.21. The zero-order valence-electron chi connectivity index (χ0n) is 9.98. The molecule has 0 aromatic heterocycles. The molecule has 1 aliphatic carbocycles. The summed E-state index contributed by atoms with van der Waals surface area (Å²) in [5.41, 5.74) is 2.43. The molecule has 1 unspecified atom stereocenters. The topological polar surface area (TPSA) is 58.6 Å². The SMILES string of the molecule is C#CCNC1CCc2cc(OCC(=O)O)ccc21. The van der Waals surface area contributed by atoms with Gasteiger partial charge in [-0.05, 0) is 36.1 Å². The maximum absolute atomic E-state index is 10.4. The monoisotopic (exact) mass is 245 g/mol. The number of fused-ring (bicyclic) bond motifs is 1. The number of hydrogen-bond donors (Lipinski definition) is 2. The summed E-state index contributed by atoms with van der Waals surface area (Å²) in [4.78, 5) is 10.4. The van der Waals surface area contributed by atoms with Crippen molar-refractivity contribution in [2.45, 2.75) is 18.9 Å². The van der Waals surface area contributed by atoms with E-state index in [1.54, 1.807) is 6.07 Å². The van der Waals surface area contributed by atoms with Crippen LogP contribution in [0.1, 0.15) is 23.6 Å². The number of carboxylic acids is 1. The van der Waals surface area contributed by atoms with Crippen molar-refractivity contribution in [3.8, 4) is 18.1 Å². The minimum Gasteiger partial charge on any atom is -0.482 e. The Labute approximate surface area is 106 Å². The number of rotatable bonds is 5. The van der Waals surface area contributed by atoms with Gasteiger partial charge in [-0.15, -0.1) is 6.42 Å². The van der Waals surface area contributed by atoms with E-state index in [4.69, 9.17) is 16.3 Å². The lowest BCUT2D eigenvalue weighted by Gasteiger charge is -2.12. The van der Waals surface area contributed by atoms with Crippen molar-refractivity contribution < 1.29 is 14.6 Å². The number of terminal acetylenes is 1. The van der Waals surface area contributed by atoms with Gasteiger partial charge in [-0.2, -0.15) is 0 Å². The molecule has 1 atom stereocenters. The molecule has 0 spiro atoms. The Morgan fingerprint density at radius 1 is 1.61 bits per heavy atom. The van der Waals surface area contributed by atoms with Crippen molar-refractivity contribution >= 4 is 5.97 Å². The highest BCUT2D eigenvalue weighted by atomic mass is 16.5. The van der Waals surface area contributed by atoms with Crippen molar-refractivity contribution in [1.29, 1.82) is 0 Å². The molecule has 0 amide bonds. The van der Waals surface area contributed by atoms with Crippen molar-refractivity contribution in [3.63, 3.8) is 0 Å². The largest absolute Gasteiger partial charge is 0.482 e. The first-order chi connectivity index (χ1) is 8.70. The van der Waals surface area contributed by atoms with Gasteiger partial charge in [0.05, 0.1) is 6.54 Å². The number of benzene rings is 1. The van der Waals surface area contributed by atoms with Crippen LogP contribution in [0.4, 0.5) is 0 Å². The molecular weight excluding hydrogens is 230 g/mol. The fraction of sp³-hybridized carbons (Fsp3) is 0.357. The van der Waals surface area contributed by atoms with Crippen LogP contribution in [0.25, 0.3) is 0 Å². The number of hydrogen-bond acceptors (Lipinski definition) is 3. The maximum atomic E-state index is 10.4. The molecule has 1 aliphatic rings. The molecule has 0 heterocycles. The Kier molecular flexibility index (Phi) is 3.85. The second-order valence-electron chi connectivity index (χ2n) is 4.22. The summed E-state index contributed by atoms with van der Waals surface area (Å²) in [7, 11) is 0. The first-order valence-corrected chi connectivity index (χ1v) is 5.85. The van der Waals surface area contributed by atoms with Crippen molar-refractivity contribution in [2.75, 3.05) is 13.2 Å². The van der Waals surface area contributed by atoms with E-state index in [9.17, 15) is 4.79 Å². The molecule has 1 aromatic rings. The summed E-state index contributed by atoms with van der Waals surface area (Å²) in [5, 5.41) is 11.8. The van der Waals surface area contributed by atoms with E-state index in [0.29, 0.717) is 18.3 Å². The number of ether oxygens (including phenoxy) is 1. The van der Waals surface area contributed by atoms with Gasteiger partial charge in [-0.25, -0.2) is 4.79 Å². The summed E-state index contributed by atoms with van der Waals surface area (Å²) in [6, 6.07) is 5.99. The summed E-state index contributed by atoms with van der Waals surface area (Å²) in [6.45, 7) is 0.249. The van der Waals surface area contributed by atoms with Gasteiger partial charge in [0.2, 0.25) is 0 Å². The predicted molar refractivity (Wildman–Crippen MR) is 67.5 cm³/mol. The third-order valence-electron chi connectivity index (χ3n) is 3.01. The van der Waals surface area contributed by atoms with E-state index in [2.05, 4.69) is 11.2 Å². The van der Waals surface area contributed by atoms with Crippen molar-refractivity contribution in [3.05, 3.63) is 29.3 Å². The Balaban J connectivity index is 2.05. The van der Waals surface area contributed by atoms with Gasteiger partial charge in [0.15, 0.2) is 6.61 Å². The zero-order chi connectivity index (χ0) is 13.0. The van der Waals surface area contributed by atoms with Gasteiger partial charge in [-0.3, -0.25) is 5.32 Å². The average molecular weight is 245 g/mol. The third kappa shape index (κ3) is 2.82. The highest BCUT2D eigenvalue weighted by molar-refractivity contribution is 5.68. The Morgan fingerprint density at radius 3 is 3.17 bits per heavy atom. The molecular formula is C14H15NO3. The molecule has 0 aliphatic heterocycles. The van der Waals surface area contributed by atoms with Gasteiger partial charge in [0.25, 0.3) is 0 Å². The predicted octanol–water partition coefficient (Wildman–Crippen LogP) is 1.36. The standard InChI is InChI=1S/C14H15NO3/c1-2-7-15-13-6-3-10-8-11(4-5-12(10)13)18-9-14(16)17/h1,4-5,8,13,15H,3,6-7,9H2,(H,16,17). The number of aryl methyl sites for hydroxylation is 1. The van der Waals surface area contributed by atoms with E-state index in [1.165, 1.54) is 11.1 Å². The second kappa shape index (κ2) is 5.56. The molecule has 0 fully saturated rings. The fourth-order valence-corrected chi connectivity index (χ4v) is 2.22. The smallest absolute Gasteiger partial charge is 0.341 e. The molecule has 2 N–H and O–H groups in total. The van der Waals surface area contributed by atoms with E-state index < -0.39 is 5.97 Å². The first-order valence-electron chi connectivity index (χ1n) is 5.85. The minimum atomic E-state index is -0.968. The van der Waals surface area contributed by atoms with Crippen LogP contribution in [0, 0.1) is 12.3 Å². The van der Waals surface area contributed by atoms with Gasteiger partial charge in [-0.1, -0.05) is 12.0 Å². The summed E-state index contributed by atoms with van der Waals surface area (Å²) in [6.07, 6.45) is 7.20. The van der Waals surface area contributed by atoms with Crippen molar-refractivity contribution in [1.82, 2.24) is 5.32 Å². The van der Waals surface area contributed by atoms with Crippen LogP contribution in [0.5, 0.6) is 5.75 Å². The Bertz CT molecular complexity index is 490. The quantitative estimate of drug-likeness (QED) is 0.769. The van der Waals surface area contributed by atoms with Crippen LogP contribution in [0.15, 0.2) is 18.2 Å². The molecule has 18 heavy (non-hydrogen) atoms. The van der Waals surface area contributed by atoms with Gasteiger partial charge >= 0.3 is 5.97 Å². The lowest BCUT2D eigenvalue weighted by atomic mass is 10.1. The number of aliphatic carboxylic acids is 1. The third-order valence-corrected chi connectivity index (χ3v) is 3.01. The second-order valence-corrected chi connectivity index (χ2v) is 4.22. The van der Waals surface area contributed by atoms with Crippen LogP contribution < -0.4 is 10.1 Å². The minimum absolute atomic E-state index is 0.296. The van der Waals surface area contributed by atoms with E-state index in [0.717, 1.165) is 12.8 Å². The van der Waals surface area contributed by atoms with Crippen molar-refractivity contribution in [2.24, 2.45) is 0 Å². The van der Waals surface area contributed by atoms with E-state index in [1.807, 2.05) is 12.1 Å². The van der Waals surface area contributed by atoms with Gasteiger partial charge in [0, 0.05) is 6.04 Å². The molecule has 4 nitrogen and oxygen atoms in total. The molecule has 2 rings (SSSR count). The maximum Gasteiger partial charge on any atom is 0.341 e.